The molecule has 1 N–H and O–H groups in total. The molecule has 154 valence electrons. The van der Waals surface area contributed by atoms with Crippen LogP contribution in [-0.4, -0.2) is 41.4 Å². The molecule has 1 aliphatic heterocycles. The van der Waals surface area contributed by atoms with Gasteiger partial charge in [-0.2, -0.15) is 18.2 Å². The number of β-amino-alcohol motifs (C(OH)–C–C–N with tert-alkyl or cyclic N) is 1. The van der Waals surface area contributed by atoms with Crippen LogP contribution in [0.15, 0.2) is 28.7 Å². The van der Waals surface area contributed by atoms with Crippen LogP contribution in [-0.2, 0) is 6.18 Å². The van der Waals surface area contributed by atoms with Gasteiger partial charge < -0.3 is 19.2 Å². The molecule has 0 spiro atoms. The Kier molecular flexibility index (Phi) is 4.85. The number of piperidine rings is 1. The first-order chi connectivity index (χ1) is 13.8. The maximum Gasteiger partial charge on any atom is 0.416 e. The number of aryl methyl sites for hydroxylation is 1. The van der Waals surface area contributed by atoms with Crippen LogP contribution in [0.5, 0.6) is 5.75 Å². The largest absolute Gasteiger partial charge is 0.496 e. The third-order valence-electron chi connectivity index (χ3n) is 5.01. The number of nitrogens with zero attached hydrogens (tertiary/aromatic N) is 3. The van der Waals surface area contributed by atoms with E-state index in [2.05, 4.69) is 9.97 Å². The number of hydrogen-bond donors (Lipinski definition) is 1. The zero-order chi connectivity index (χ0) is 20.8. The second-order valence-electron chi connectivity index (χ2n) is 7.12. The Morgan fingerprint density at radius 2 is 2.03 bits per heavy atom. The fraction of sp³-hybridized carbons (Fsp3) is 0.400. The average molecular weight is 407 g/mol. The summed E-state index contributed by atoms with van der Waals surface area (Å²) in [5.41, 5.74) is 1.35. The van der Waals surface area contributed by atoms with Gasteiger partial charge in [0.05, 0.1) is 24.5 Å². The van der Waals surface area contributed by atoms with Gasteiger partial charge in [0.1, 0.15) is 5.75 Å². The summed E-state index contributed by atoms with van der Waals surface area (Å²) in [5.74, 6) is 0.0899. The Labute approximate surface area is 164 Å². The zero-order valence-electron chi connectivity index (χ0n) is 16.0. The molecule has 1 atom stereocenters. The molecule has 9 heteroatoms. The summed E-state index contributed by atoms with van der Waals surface area (Å²) in [4.78, 5) is 10.8. The smallest absolute Gasteiger partial charge is 0.416 e. The molecule has 1 fully saturated rings. The Morgan fingerprint density at radius 1 is 1.24 bits per heavy atom. The standard InChI is InChI=1S/C20H20F3N3O3/c1-11-8-12(20(21,22)23)9-16(28-2)17(11)14-5-6-15-18(24-14)25-19(29-15)26-7-3-4-13(27)10-26/h5-6,8-9,13,27H,3-4,7,10H2,1-2H3/t13-/m1/s1. The normalized spacial score (nSPS) is 17.7. The predicted octanol–water partition coefficient (Wildman–Crippen LogP) is 4.19. The first-order valence-corrected chi connectivity index (χ1v) is 9.23. The summed E-state index contributed by atoms with van der Waals surface area (Å²) < 4.78 is 50.3. The topological polar surface area (TPSA) is 71.6 Å². The van der Waals surface area contributed by atoms with Crippen LogP contribution in [0, 0.1) is 6.92 Å². The summed E-state index contributed by atoms with van der Waals surface area (Å²) in [6, 6.07) is 5.77. The summed E-state index contributed by atoms with van der Waals surface area (Å²) in [7, 11) is 1.33. The van der Waals surface area contributed by atoms with Crippen molar-refractivity contribution in [3.63, 3.8) is 0 Å². The Balaban J connectivity index is 1.75. The van der Waals surface area contributed by atoms with E-state index in [1.807, 2.05) is 4.90 Å². The minimum atomic E-state index is -4.46. The van der Waals surface area contributed by atoms with Gasteiger partial charge in [0.15, 0.2) is 5.58 Å². The van der Waals surface area contributed by atoms with E-state index in [1.54, 1.807) is 19.1 Å². The molecule has 0 aliphatic carbocycles. The molecular formula is C20H20F3N3O3. The van der Waals surface area contributed by atoms with Crippen molar-refractivity contribution in [2.24, 2.45) is 0 Å². The molecule has 0 bridgehead atoms. The van der Waals surface area contributed by atoms with E-state index in [1.165, 1.54) is 7.11 Å². The molecule has 1 aromatic carbocycles. The van der Waals surface area contributed by atoms with Crippen LogP contribution in [0.3, 0.4) is 0 Å². The Morgan fingerprint density at radius 3 is 2.72 bits per heavy atom. The van der Waals surface area contributed by atoms with Crippen molar-refractivity contribution in [2.75, 3.05) is 25.1 Å². The van der Waals surface area contributed by atoms with Gasteiger partial charge in [-0.15, -0.1) is 0 Å². The highest BCUT2D eigenvalue weighted by atomic mass is 19.4. The van der Waals surface area contributed by atoms with Crippen molar-refractivity contribution >= 4 is 17.2 Å². The maximum atomic E-state index is 13.1. The van der Waals surface area contributed by atoms with Gasteiger partial charge in [-0.1, -0.05) is 0 Å². The van der Waals surface area contributed by atoms with Crippen molar-refractivity contribution in [3.8, 4) is 17.0 Å². The van der Waals surface area contributed by atoms with Crippen molar-refractivity contribution < 1.29 is 27.4 Å². The lowest BCUT2D eigenvalue weighted by Gasteiger charge is -2.28. The number of alkyl halides is 3. The molecule has 0 unspecified atom stereocenters. The van der Waals surface area contributed by atoms with Gasteiger partial charge in [0, 0.05) is 18.7 Å². The number of rotatable bonds is 3. The summed E-state index contributed by atoms with van der Waals surface area (Å²) in [5, 5.41) is 9.86. The number of aliphatic hydroxyl groups excluding tert-OH is 1. The number of anilines is 1. The number of ether oxygens (including phenoxy) is 1. The summed E-state index contributed by atoms with van der Waals surface area (Å²) in [6.07, 6.45) is -3.32. The van der Waals surface area contributed by atoms with Crippen molar-refractivity contribution in [2.45, 2.75) is 32.0 Å². The second-order valence-corrected chi connectivity index (χ2v) is 7.12. The van der Waals surface area contributed by atoms with Crippen LogP contribution < -0.4 is 9.64 Å². The van der Waals surface area contributed by atoms with E-state index < -0.39 is 17.8 Å². The van der Waals surface area contributed by atoms with Gasteiger partial charge in [0.2, 0.25) is 5.65 Å². The molecule has 6 nitrogen and oxygen atoms in total. The molecule has 29 heavy (non-hydrogen) atoms. The molecule has 1 aliphatic rings. The highest BCUT2D eigenvalue weighted by molar-refractivity contribution is 5.79. The maximum absolute atomic E-state index is 13.1. The SMILES string of the molecule is COc1cc(C(F)(F)F)cc(C)c1-c1ccc2oc(N3CCC[C@@H](O)C3)nc2n1. The Bertz CT molecular complexity index is 1050. The van der Waals surface area contributed by atoms with Gasteiger partial charge >= 0.3 is 6.18 Å². The van der Waals surface area contributed by atoms with E-state index in [0.29, 0.717) is 40.6 Å². The van der Waals surface area contributed by atoms with Crippen molar-refractivity contribution in [3.05, 3.63) is 35.4 Å². The lowest BCUT2D eigenvalue weighted by molar-refractivity contribution is -0.137. The molecule has 0 amide bonds. The van der Waals surface area contributed by atoms with Crippen molar-refractivity contribution in [1.82, 2.24) is 9.97 Å². The number of halogens is 3. The molecule has 1 saturated heterocycles. The fourth-order valence-corrected chi connectivity index (χ4v) is 3.62. The number of benzene rings is 1. The number of hydrogen-bond acceptors (Lipinski definition) is 6. The molecule has 3 heterocycles. The van der Waals surface area contributed by atoms with Gasteiger partial charge in [-0.05, 0) is 49.6 Å². The van der Waals surface area contributed by atoms with Crippen LogP contribution in [0.1, 0.15) is 24.0 Å². The highest BCUT2D eigenvalue weighted by Gasteiger charge is 2.32. The number of oxazole rings is 1. The van der Waals surface area contributed by atoms with E-state index in [0.717, 1.165) is 31.5 Å². The van der Waals surface area contributed by atoms with E-state index in [-0.39, 0.29) is 5.75 Å². The van der Waals surface area contributed by atoms with Gasteiger partial charge in [-0.25, -0.2) is 4.98 Å². The molecule has 0 saturated carbocycles. The number of aliphatic hydroxyl groups is 1. The lowest BCUT2D eigenvalue weighted by atomic mass is 10.00. The lowest BCUT2D eigenvalue weighted by Crippen LogP contribution is -2.38. The predicted molar refractivity (Wildman–Crippen MR) is 101 cm³/mol. The van der Waals surface area contributed by atoms with Crippen LogP contribution in [0.2, 0.25) is 0 Å². The Hall–Kier alpha value is -2.81. The highest BCUT2D eigenvalue weighted by Crippen LogP contribution is 2.39. The first-order valence-electron chi connectivity index (χ1n) is 9.23. The molecule has 3 aromatic rings. The zero-order valence-corrected chi connectivity index (χ0v) is 16.0. The third kappa shape index (κ3) is 3.74. The van der Waals surface area contributed by atoms with Gasteiger partial charge in [0.25, 0.3) is 6.01 Å². The quantitative estimate of drug-likeness (QED) is 0.702. The van der Waals surface area contributed by atoms with E-state index >= 15 is 0 Å². The molecular weight excluding hydrogens is 387 g/mol. The van der Waals surface area contributed by atoms with Gasteiger partial charge in [-0.3, -0.25) is 0 Å². The van der Waals surface area contributed by atoms with Crippen molar-refractivity contribution in [1.29, 1.82) is 0 Å². The summed E-state index contributed by atoms with van der Waals surface area (Å²) >= 11 is 0. The van der Waals surface area contributed by atoms with Crippen LogP contribution >= 0.6 is 0 Å². The second kappa shape index (κ2) is 7.22. The van der Waals surface area contributed by atoms with E-state index in [9.17, 15) is 18.3 Å². The third-order valence-corrected chi connectivity index (χ3v) is 5.01. The van der Waals surface area contributed by atoms with Crippen LogP contribution in [0.25, 0.3) is 22.5 Å². The van der Waals surface area contributed by atoms with E-state index in [4.69, 9.17) is 9.15 Å². The average Bonchev–Trinajstić information content (AvgIpc) is 3.10. The number of aromatic nitrogens is 2. The number of fused-ring (bicyclic) bond motifs is 1. The fourth-order valence-electron chi connectivity index (χ4n) is 3.62. The first kappa shape index (κ1) is 19.5. The minimum Gasteiger partial charge on any atom is -0.496 e. The molecule has 4 rings (SSSR count). The number of pyridine rings is 1. The monoisotopic (exact) mass is 407 g/mol. The molecule has 0 radical (unpaired) electrons. The minimum absolute atomic E-state index is 0.0899. The molecule has 2 aromatic heterocycles. The summed E-state index contributed by atoms with van der Waals surface area (Å²) in [6.45, 7) is 2.75. The van der Waals surface area contributed by atoms with Crippen LogP contribution in [0.4, 0.5) is 19.2 Å². The number of methoxy groups -OCH3 is 1.